The van der Waals surface area contributed by atoms with E-state index in [1.54, 1.807) is 11.8 Å². The summed E-state index contributed by atoms with van der Waals surface area (Å²) in [5.41, 5.74) is 1.93. The van der Waals surface area contributed by atoms with Gasteiger partial charge < -0.3 is 9.80 Å². The van der Waals surface area contributed by atoms with Crippen molar-refractivity contribution in [1.82, 2.24) is 4.72 Å². The summed E-state index contributed by atoms with van der Waals surface area (Å²) in [6.45, 7) is 2.96. The minimum atomic E-state index is -3.41. The molecule has 1 aromatic rings. The van der Waals surface area contributed by atoms with E-state index in [0.717, 1.165) is 24.2 Å². The van der Waals surface area contributed by atoms with Gasteiger partial charge in [0.15, 0.2) is 0 Å². The Hall–Kier alpha value is -1.60. The number of sulfonamides is 1. The van der Waals surface area contributed by atoms with Gasteiger partial charge in [-0.2, -0.15) is 0 Å². The number of benzene rings is 1. The predicted molar refractivity (Wildman–Crippen MR) is 86.6 cm³/mol. The Morgan fingerprint density at radius 2 is 1.86 bits per heavy atom. The zero-order chi connectivity index (χ0) is 15.9. The van der Waals surface area contributed by atoms with E-state index in [9.17, 15) is 13.2 Å². The molecule has 7 heteroatoms. The lowest BCUT2D eigenvalue weighted by atomic mass is 10.1. The number of nitrogens with zero attached hydrogens (tertiary/aromatic N) is 2. The average Bonchev–Trinajstić information content (AvgIpc) is 3.28. The molecule has 0 aromatic heterocycles. The first-order valence-corrected chi connectivity index (χ1v) is 9.40. The Labute approximate surface area is 131 Å². The summed E-state index contributed by atoms with van der Waals surface area (Å²) >= 11 is 0. The minimum Gasteiger partial charge on any atom is -0.365 e. The van der Waals surface area contributed by atoms with E-state index in [1.165, 1.54) is 12.8 Å². The maximum Gasteiger partial charge on any atom is 0.244 e. The number of carbonyl (C=O) groups excluding carboxylic acids is 1. The van der Waals surface area contributed by atoms with Crippen molar-refractivity contribution in [3.05, 3.63) is 24.3 Å². The highest BCUT2D eigenvalue weighted by Crippen LogP contribution is 2.39. The summed E-state index contributed by atoms with van der Waals surface area (Å²) in [7, 11) is -3.41. The van der Waals surface area contributed by atoms with Crippen LogP contribution in [0.5, 0.6) is 0 Å². The van der Waals surface area contributed by atoms with Crippen LogP contribution in [0.15, 0.2) is 24.3 Å². The van der Waals surface area contributed by atoms with Crippen LogP contribution in [0.3, 0.4) is 0 Å². The van der Waals surface area contributed by atoms with Crippen molar-refractivity contribution in [2.75, 3.05) is 29.1 Å². The van der Waals surface area contributed by atoms with Gasteiger partial charge in [0.1, 0.15) is 0 Å². The Morgan fingerprint density at radius 3 is 2.45 bits per heavy atom. The van der Waals surface area contributed by atoms with Crippen LogP contribution in [0.4, 0.5) is 11.4 Å². The van der Waals surface area contributed by atoms with Crippen LogP contribution in [0.1, 0.15) is 19.8 Å². The molecule has 1 heterocycles. The van der Waals surface area contributed by atoms with Gasteiger partial charge in [-0.05, 0) is 31.9 Å². The molecule has 1 aliphatic heterocycles. The van der Waals surface area contributed by atoms with Gasteiger partial charge in [0.25, 0.3) is 0 Å². The molecule has 3 rings (SSSR count). The van der Waals surface area contributed by atoms with Crippen molar-refractivity contribution in [2.45, 2.75) is 31.8 Å². The van der Waals surface area contributed by atoms with Crippen LogP contribution >= 0.6 is 0 Å². The number of hydrogen-bond acceptors (Lipinski definition) is 4. The Bertz CT molecular complexity index is 685. The van der Waals surface area contributed by atoms with Gasteiger partial charge in [0.05, 0.1) is 23.7 Å². The lowest BCUT2D eigenvalue weighted by molar-refractivity contribution is -0.119. The molecule has 0 bridgehead atoms. The minimum absolute atomic E-state index is 0.215. The number of para-hydroxylation sites is 2. The van der Waals surface area contributed by atoms with Gasteiger partial charge in [-0.25, -0.2) is 13.1 Å². The van der Waals surface area contributed by atoms with E-state index in [4.69, 9.17) is 0 Å². The standard InChI is InChI=1S/C15H21N3O3S/c1-11(16-22(2,20)21)15(19)18-10-9-17(12-7-8-12)13-5-3-4-6-14(13)18/h3-6,11-12,16H,7-10H2,1-2H3. The number of rotatable bonds is 4. The van der Waals surface area contributed by atoms with E-state index in [0.29, 0.717) is 12.6 Å². The summed E-state index contributed by atoms with van der Waals surface area (Å²) in [6, 6.07) is 7.65. The summed E-state index contributed by atoms with van der Waals surface area (Å²) in [5.74, 6) is -0.215. The monoisotopic (exact) mass is 323 g/mol. The highest BCUT2D eigenvalue weighted by atomic mass is 32.2. The van der Waals surface area contributed by atoms with Crippen LogP contribution < -0.4 is 14.5 Å². The van der Waals surface area contributed by atoms with Crippen molar-refractivity contribution in [3.8, 4) is 0 Å². The molecule has 1 atom stereocenters. The van der Waals surface area contributed by atoms with Gasteiger partial charge in [-0.15, -0.1) is 0 Å². The second kappa shape index (κ2) is 5.55. The number of carbonyl (C=O) groups is 1. The molecule has 0 saturated heterocycles. The van der Waals surface area contributed by atoms with E-state index >= 15 is 0 Å². The molecular formula is C15H21N3O3S. The van der Waals surface area contributed by atoms with E-state index in [2.05, 4.69) is 9.62 Å². The SMILES string of the molecule is CC(NS(C)(=O)=O)C(=O)N1CCN(C2CC2)c2ccccc21. The second-order valence-corrected chi connectivity index (χ2v) is 7.79. The summed E-state index contributed by atoms with van der Waals surface area (Å²) in [6.07, 6.45) is 3.47. The third kappa shape index (κ3) is 3.10. The maximum absolute atomic E-state index is 12.6. The highest BCUT2D eigenvalue weighted by molar-refractivity contribution is 7.88. The summed E-state index contributed by atoms with van der Waals surface area (Å²) in [5, 5.41) is 0. The molecule has 1 saturated carbocycles. The number of hydrogen-bond donors (Lipinski definition) is 1. The van der Waals surface area contributed by atoms with Crippen LogP contribution in [0, 0.1) is 0 Å². The van der Waals surface area contributed by atoms with Crippen LogP contribution in [-0.2, 0) is 14.8 Å². The fraction of sp³-hybridized carbons (Fsp3) is 0.533. The zero-order valence-electron chi connectivity index (χ0n) is 12.8. The van der Waals surface area contributed by atoms with Gasteiger partial charge in [-0.1, -0.05) is 12.1 Å². The first-order chi connectivity index (χ1) is 10.4. The third-order valence-electron chi connectivity index (χ3n) is 4.06. The van der Waals surface area contributed by atoms with Crippen molar-refractivity contribution in [3.63, 3.8) is 0 Å². The van der Waals surface area contributed by atoms with Gasteiger partial charge in [-0.3, -0.25) is 4.79 Å². The molecular weight excluding hydrogens is 302 g/mol. The molecule has 2 aliphatic rings. The smallest absolute Gasteiger partial charge is 0.244 e. The molecule has 1 unspecified atom stereocenters. The molecule has 1 N–H and O–H groups in total. The fourth-order valence-corrected chi connectivity index (χ4v) is 3.73. The Balaban J connectivity index is 1.85. The normalized spacial score (nSPS) is 19.7. The molecule has 22 heavy (non-hydrogen) atoms. The molecule has 1 amide bonds. The van der Waals surface area contributed by atoms with E-state index in [1.807, 2.05) is 24.3 Å². The number of fused-ring (bicyclic) bond motifs is 1. The van der Waals surface area contributed by atoms with Crippen molar-refractivity contribution in [1.29, 1.82) is 0 Å². The van der Waals surface area contributed by atoms with Crippen LogP contribution in [0.2, 0.25) is 0 Å². The molecule has 0 spiro atoms. The first kappa shape index (κ1) is 15.3. The largest absolute Gasteiger partial charge is 0.365 e. The molecule has 1 fully saturated rings. The summed E-state index contributed by atoms with van der Waals surface area (Å²) in [4.78, 5) is 16.7. The first-order valence-electron chi connectivity index (χ1n) is 7.51. The van der Waals surface area contributed by atoms with Crippen LogP contribution in [0.25, 0.3) is 0 Å². The van der Waals surface area contributed by atoms with Gasteiger partial charge in [0, 0.05) is 19.1 Å². The lowest BCUT2D eigenvalue weighted by Crippen LogP contribution is -2.51. The topological polar surface area (TPSA) is 69.7 Å². The van der Waals surface area contributed by atoms with E-state index in [-0.39, 0.29) is 5.91 Å². The second-order valence-electron chi connectivity index (χ2n) is 6.01. The molecule has 120 valence electrons. The highest BCUT2D eigenvalue weighted by Gasteiger charge is 2.36. The Kier molecular flexibility index (Phi) is 3.86. The quantitative estimate of drug-likeness (QED) is 0.895. The molecule has 1 aromatic carbocycles. The average molecular weight is 323 g/mol. The van der Waals surface area contributed by atoms with Gasteiger partial charge >= 0.3 is 0 Å². The van der Waals surface area contributed by atoms with Gasteiger partial charge in [0.2, 0.25) is 15.9 Å². The maximum atomic E-state index is 12.6. The fourth-order valence-electron chi connectivity index (χ4n) is 2.98. The number of amides is 1. The zero-order valence-corrected chi connectivity index (χ0v) is 13.6. The molecule has 1 aliphatic carbocycles. The van der Waals surface area contributed by atoms with Crippen molar-refractivity contribution < 1.29 is 13.2 Å². The van der Waals surface area contributed by atoms with E-state index < -0.39 is 16.1 Å². The third-order valence-corrected chi connectivity index (χ3v) is 4.84. The molecule has 0 radical (unpaired) electrons. The lowest BCUT2D eigenvalue weighted by Gasteiger charge is -2.38. The number of nitrogens with one attached hydrogen (secondary N) is 1. The Morgan fingerprint density at radius 1 is 1.23 bits per heavy atom. The van der Waals surface area contributed by atoms with Crippen molar-refractivity contribution in [2.24, 2.45) is 0 Å². The molecule has 6 nitrogen and oxygen atoms in total. The van der Waals surface area contributed by atoms with Crippen molar-refractivity contribution >= 4 is 27.3 Å². The number of anilines is 2. The summed E-state index contributed by atoms with van der Waals surface area (Å²) < 4.78 is 25.0. The predicted octanol–water partition coefficient (Wildman–Crippen LogP) is 0.940. The van der Waals surface area contributed by atoms with Crippen LogP contribution in [-0.4, -0.2) is 45.8 Å².